The van der Waals surface area contributed by atoms with Gasteiger partial charge in [0, 0.05) is 13.1 Å². The molecule has 2 heterocycles. The summed E-state index contributed by atoms with van der Waals surface area (Å²) < 4.78 is 1.76. The van der Waals surface area contributed by atoms with Crippen molar-refractivity contribution in [2.24, 2.45) is 7.05 Å². The van der Waals surface area contributed by atoms with Crippen molar-refractivity contribution in [2.75, 3.05) is 4.90 Å². The molecule has 19 heavy (non-hydrogen) atoms. The van der Waals surface area contributed by atoms with Crippen molar-refractivity contribution in [1.82, 2.24) is 9.78 Å². The second-order valence-electron chi connectivity index (χ2n) is 5.41. The van der Waals surface area contributed by atoms with E-state index in [1.807, 2.05) is 36.2 Å². The van der Waals surface area contributed by atoms with Gasteiger partial charge in [0.2, 0.25) is 5.91 Å². The minimum atomic E-state index is -0.263. The first-order valence-electron chi connectivity index (χ1n) is 6.66. The molecule has 1 aliphatic heterocycles. The molecule has 0 radical (unpaired) electrons. The van der Waals surface area contributed by atoms with Crippen LogP contribution in [0.4, 0.5) is 11.5 Å². The molecule has 2 aliphatic rings. The van der Waals surface area contributed by atoms with Crippen LogP contribution in [-0.2, 0) is 17.3 Å². The zero-order valence-electron chi connectivity index (χ0n) is 10.8. The zero-order valence-corrected chi connectivity index (χ0v) is 10.8. The lowest BCUT2D eigenvalue weighted by Crippen LogP contribution is -2.44. The number of para-hydroxylation sites is 1. The molecule has 1 aromatic heterocycles. The summed E-state index contributed by atoms with van der Waals surface area (Å²) in [7, 11) is 1.87. The van der Waals surface area contributed by atoms with E-state index < -0.39 is 0 Å². The average molecular weight is 253 g/mol. The van der Waals surface area contributed by atoms with Crippen LogP contribution in [0.2, 0.25) is 0 Å². The number of rotatable bonds is 1. The van der Waals surface area contributed by atoms with Gasteiger partial charge < -0.3 is 0 Å². The molecule has 0 saturated heterocycles. The lowest BCUT2D eigenvalue weighted by Gasteiger charge is -2.36. The quantitative estimate of drug-likeness (QED) is 0.783. The molecule has 0 unspecified atom stereocenters. The lowest BCUT2D eigenvalue weighted by atomic mass is 9.65. The fraction of sp³-hybridized carbons (Fsp3) is 0.333. The molecule has 0 atom stereocenters. The molecule has 0 N–H and O–H groups in total. The fourth-order valence-corrected chi connectivity index (χ4v) is 3.34. The zero-order chi connectivity index (χ0) is 13.0. The second kappa shape index (κ2) is 3.47. The molecule has 4 rings (SSSR count). The van der Waals surface area contributed by atoms with Crippen LogP contribution < -0.4 is 4.90 Å². The van der Waals surface area contributed by atoms with Crippen LogP contribution in [0, 0.1) is 0 Å². The normalized spacial score (nSPS) is 19.6. The van der Waals surface area contributed by atoms with Crippen molar-refractivity contribution in [2.45, 2.75) is 24.7 Å². The third kappa shape index (κ3) is 1.19. The standard InChI is InChI=1S/C15H15N3O/c1-17-13(7-10-16-17)18-12-6-3-2-5-11(12)15(14(18)19)8-4-9-15/h2-3,5-7,10H,4,8-9H2,1H3. The summed E-state index contributed by atoms with van der Waals surface area (Å²) in [5, 5.41) is 4.18. The minimum Gasteiger partial charge on any atom is -0.273 e. The molecule has 1 amide bonds. The number of aromatic nitrogens is 2. The summed E-state index contributed by atoms with van der Waals surface area (Å²) in [6.07, 6.45) is 4.81. The number of hydrogen-bond acceptors (Lipinski definition) is 2. The fourth-order valence-electron chi connectivity index (χ4n) is 3.34. The highest BCUT2D eigenvalue weighted by molar-refractivity contribution is 6.13. The van der Waals surface area contributed by atoms with Gasteiger partial charge in [-0.05, 0) is 24.5 Å². The maximum absolute atomic E-state index is 12.9. The summed E-state index contributed by atoms with van der Waals surface area (Å²) >= 11 is 0. The monoisotopic (exact) mass is 253 g/mol. The van der Waals surface area contributed by atoms with Gasteiger partial charge in [-0.25, -0.2) is 0 Å². The Kier molecular flexibility index (Phi) is 1.97. The Morgan fingerprint density at radius 2 is 2.00 bits per heavy atom. The summed E-state index contributed by atoms with van der Waals surface area (Å²) in [5.41, 5.74) is 1.95. The van der Waals surface area contributed by atoms with Gasteiger partial charge in [0.15, 0.2) is 0 Å². The van der Waals surface area contributed by atoms with Gasteiger partial charge in [0.05, 0.1) is 17.3 Å². The van der Waals surface area contributed by atoms with Crippen molar-refractivity contribution >= 4 is 17.4 Å². The third-order valence-electron chi connectivity index (χ3n) is 4.50. The molecule has 0 bridgehead atoms. The molecule has 2 aromatic rings. The van der Waals surface area contributed by atoms with Crippen molar-refractivity contribution < 1.29 is 4.79 Å². The number of amides is 1. The highest BCUT2D eigenvalue weighted by atomic mass is 16.2. The maximum atomic E-state index is 12.9. The smallest absolute Gasteiger partial charge is 0.243 e. The molecule has 1 aliphatic carbocycles. The SMILES string of the molecule is Cn1nccc1N1C(=O)C2(CCC2)c2ccccc21. The van der Waals surface area contributed by atoms with Gasteiger partial charge in [-0.15, -0.1) is 0 Å². The molecule has 1 aromatic carbocycles. The Balaban J connectivity index is 1.94. The van der Waals surface area contributed by atoms with Crippen LogP contribution >= 0.6 is 0 Å². The Bertz CT molecular complexity index is 670. The first-order valence-corrected chi connectivity index (χ1v) is 6.66. The highest BCUT2D eigenvalue weighted by Gasteiger charge is 2.55. The largest absolute Gasteiger partial charge is 0.273 e. The van der Waals surface area contributed by atoms with E-state index in [0.717, 1.165) is 30.8 Å². The molecular weight excluding hydrogens is 238 g/mol. The Morgan fingerprint density at radius 3 is 2.63 bits per heavy atom. The van der Waals surface area contributed by atoms with Crippen LogP contribution in [0.5, 0.6) is 0 Å². The number of aryl methyl sites for hydroxylation is 1. The van der Waals surface area contributed by atoms with E-state index in [2.05, 4.69) is 11.2 Å². The maximum Gasteiger partial charge on any atom is 0.243 e. The summed E-state index contributed by atoms with van der Waals surface area (Å²) in [6.45, 7) is 0. The van der Waals surface area contributed by atoms with Crippen molar-refractivity contribution in [3.05, 3.63) is 42.1 Å². The van der Waals surface area contributed by atoms with Gasteiger partial charge in [0.1, 0.15) is 5.82 Å². The topological polar surface area (TPSA) is 38.1 Å². The van der Waals surface area contributed by atoms with Crippen LogP contribution in [-0.4, -0.2) is 15.7 Å². The average Bonchev–Trinajstić information content (AvgIpc) is 2.87. The van der Waals surface area contributed by atoms with E-state index in [4.69, 9.17) is 0 Å². The van der Waals surface area contributed by atoms with Gasteiger partial charge in [0.25, 0.3) is 0 Å². The lowest BCUT2D eigenvalue weighted by molar-refractivity contribution is -0.125. The van der Waals surface area contributed by atoms with Crippen molar-refractivity contribution in [1.29, 1.82) is 0 Å². The number of carbonyl (C=O) groups is 1. The van der Waals surface area contributed by atoms with Crippen molar-refractivity contribution in [3.8, 4) is 0 Å². The molecule has 1 saturated carbocycles. The number of fused-ring (bicyclic) bond motifs is 2. The Labute approximate surface area is 111 Å². The summed E-state index contributed by atoms with van der Waals surface area (Å²) in [4.78, 5) is 14.7. The highest BCUT2D eigenvalue weighted by Crippen LogP contribution is 2.55. The van der Waals surface area contributed by atoms with Crippen LogP contribution in [0.25, 0.3) is 0 Å². The van der Waals surface area contributed by atoms with E-state index in [9.17, 15) is 4.79 Å². The third-order valence-corrected chi connectivity index (χ3v) is 4.50. The van der Waals surface area contributed by atoms with Crippen LogP contribution in [0.1, 0.15) is 24.8 Å². The number of benzene rings is 1. The number of carbonyl (C=O) groups excluding carboxylic acids is 1. The van der Waals surface area contributed by atoms with E-state index in [1.165, 1.54) is 5.56 Å². The number of anilines is 2. The summed E-state index contributed by atoms with van der Waals surface area (Å²) in [6, 6.07) is 10.1. The minimum absolute atomic E-state index is 0.212. The Hall–Kier alpha value is -2.10. The molecular formula is C15H15N3O. The molecule has 4 nitrogen and oxygen atoms in total. The van der Waals surface area contributed by atoms with Crippen LogP contribution in [0.3, 0.4) is 0 Å². The van der Waals surface area contributed by atoms with Crippen LogP contribution in [0.15, 0.2) is 36.5 Å². The van der Waals surface area contributed by atoms with Crippen molar-refractivity contribution in [3.63, 3.8) is 0 Å². The first-order chi connectivity index (χ1) is 9.24. The Morgan fingerprint density at radius 1 is 1.21 bits per heavy atom. The first kappa shape index (κ1) is 10.8. The molecule has 96 valence electrons. The summed E-state index contributed by atoms with van der Waals surface area (Å²) in [5.74, 6) is 1.06. The number of nitrogens with zero attached hydrogens (tertiary/aromatic N) is 3. The predicted octanol–water partition coefficient (Wildman–Crippen LogP) is 2.52. The van der Waals surface area contributed by atoms with E-state index in [0.29, 0.717) is 0 Å². The van der Waals surface area contributed by atoms with Gasteiger partial charge in [-0.1, -0.05) is 24.6 Å². The second-order valence-corrected chi connectivity index (χ2v) is 5.41. The predicted molar refractivity (Wildman–Crippen MR) is 72.3 cm³/mol. The van der Waals surface area contributed by atoms with Gasteiger partial charge in [-0.3, -0.25) is 14.4 Å². The van der Waals surface area contributed by atoms with Gasteiger partial charge >= 0.3 is 0 Å². The van der Waals surface area contributed by atoms with E-state index >= 15 is 0 Å². The molecule has 1 spiro atoms. The van der Waals surface area contributed by atoms with E-state index in [1.54, 1.807) is 10.9 Å². The molecule has 1 fully saturated rings. The number of hydrogen-bond donors (Lipinski definition) is 0. The molecule has 4 heteroatoms. The van der Waals surface area contributed by atoms with Gasteiger partial charge in [-0.2, -0.15) is 5.10 Å². The van der Waals surface area contributed by atoms with E-state index in [-0.39, 0.29) is 11.3 Å².